The van der Waals surface area contributed by atoms with Crippen LogP contribution in [0.5, 0.6) is 0 Å². The Morgan fingerprint density at radius 2 is 2.35 bits per heavy atom. The minimum atomic E-state index is 0.508. The Morgan fingerprint density at radius 3 is 3.10 bits per heavy atom. The van der Waals surface area contributed by atoms with Crippen molar-refractivity contribution in [3.05, 3.63) is 30.0 Å². The van der Waals surface area contributed by atoms with Crippen molar-refractivity contribution in [1.29, 1.82) is 0 Å². The molecule has 3 heterocycles. The smallest absolute Gasteiger partial charge is 0.153 e. The lowest BCUT2D eigenvalue weighted by Crippen LogP contribution is -2.14. The first-order chi connectivity index (χ1) is 9.76. The third kappa shape index (κ3) is 1.98. The second-order valence-electron chi connectivity index (χ2n) is 5.37. The van der Waals surface area contributed by atoms with Gasteiger partial charge in [0.1, 0.15) is 5.82 Å². The molecule has 2 N–H and O–H groups in total. The highest BCUT2D eigenvalue weighted by atomic mass is 15.1. The fourth-order valence-electron chi connectivity index (χ4n) is 3.20. The first kappa shape index (κ1) is 13.1. The summed E-state index contributed by atoms with van der Waals surface area (Å²) in [5, 5.41) is 3.50. The molecule has 1 aliphatic rings. The van der Waals surface area contributed by atoms with Gasteiger partial charge in [-0.05, 0) is 32.2 Å². The van der Waals surface area contributed by atoms with Crippen LogP contribution in [-0.4, -0.2) is 34.3 Å². The standard InChI is InChI=1S/C15H21N5/c1-4-11-7-17-8-12(11)14-9-19-10(2)20(14)13-5-6-18-15(13)16-3/h5-6,9,11-12,17-18H,3-4,7-8H2,1-2H3/t11?,12-/m0/s1. The molecule has 1 aliphatic heterocycles. The van der Waals surface area contributed by atoms with E-state index in [2.05, 4.69) is 38.5 Å². The topological polar surface area (TPSA) is 58.0 Å². The quantitative estimate of drug-likeness (QED) is 0.840. The molecule has 0 saturated carbocycles. The van der Waals surface area contributed by atoms with Gasteiger partial charge in [0.15, 0.2) is 5.82 Å². The SMILES string of the molecule is C=Nc1[nH]ccc1-n1c([C@H]2CNCC2CC)cnc1C. The van der Waals surface area contributed by atoms with Gasteiger partial charge in [-0.2, -0.15) is 0 Å². The average molecular weight is 271 g/mol. The number of imidazole rings is 1. The molecule has 3 rings (SSSR count). The number of aryl methyl sites for hydroxylation is 1. The summed E-state index contributed by atoms with van der Waals surface area (Å²) in [5.41, 5.74) is 2.30. The minimum absolute atomic E-state index is 0.508. The predicted molar refractivity (Wildman–Crippen MR) is 81.3 cm³/mol. The summed E-state index contributed by atoms with van der Waals surface area (Å²) < 4.78 is 2.21. The fraction of sp³-hybridized carbons (Fsp3) is 0.467. The van der Waals surface area contributed by atoms with Crippen molar-refractivity contribution in [2.45, 2.75) is 26.2 Å². The monoisotopic (exact) mass is 271 g/mol. The summed E-state index contributed by atoms with van der Waals surface area (Å²) in [7, 11) is 0. The number of nitrogens with one attached hydrogen (secondary N) is 2. The first-order valence-electron chi connectivity index (χ1n) is 7.15. The number of rotatable bonds is 4. The van der Waals surface area contributed by atoms with Crippen molar-refractivity contribution in [3.63, 3.8) is 0 Å². The average Bonchev–Trinajstić information content (AvgIpc) is 3.15. The minimum Gasteiger partial charge on any atom is -0.345 e. The number of aromatic nitrogens is 3. The molecule has 5 nitrogen and oxygen atoms in total. The molecule has 2 aromatic rings. The summed E-state index contributed by atoms with van der Waals surface area (Å²) >= 11 is 0. The second kappa shape index (κ2) is 5.25. The van der Waals surface area contributed by atoms with Crippen LogP contribution in [0.25, 0.3) is 5.69 Å². The molecule has 1 fully saturated rings. The lowest BCUT2D eigenvalue weighted by Gasteiger charge is -2.19. The van der Waals surface area contributed by atoms with E-state index >= 15 is 0 Å². The van der Waals surface area contributed by atoms with Crippen LogP contribution in [0.4, 0.5) is 5.82 Å². The molecule has 106 valence electrons. The molecule has 20 heavy (non-hydrogen) atoms. The maximum atomic E-state index is 4.52. The van der Waals surface area contributed by atoms with E-state index in [9.17, 15) is 0 Å². The lowest BCUT2D eigenvalue weighted by molar-refractivity contribution is 0.489. The van der Waals surface area contributed by atoms with Gasteiger partial charge >= 0.3 is 0 Å². The second-order valence-corrected chi connectivity index (χ2v) is 5.37. The van der Waals surface area contributed by atoms with E-state index in [0.29, 0.717) is 11.8 Å². The van der Waals surface area contributed by atoms with Gasteiger partial charge in [-0.1, -0.05) is 13.3 Å². The molecule has 2 atom stereocenters. The van der Waals surface area contributed by atoms with Gasteiger partial charge in [-0.15, -0.1) is 0 Å². The maximum Gasteiger partial charge on any atom is 0.153 e. The molecule has 2 aromatic heterocycles. The summed E-state index contributed by atoms with van der Waals surface area (Å²) in [5.74, 6) is 2.97. The van der Waals surface area contributed by atoms with Gasteiger partial charge in [-0.25, -0.2) is 9.98 Å². The molecule has 0 radical (unpaired) electrons. The van der Waals surface area contributed by atoms with Crippen molar-refractivity contribution in [1.82, 2.24) is 19.9 Å². The van der Waals surface area contributed by atoms with Crippen molar-refractivity contribution in [3.8, 4) is 5.69 Å². The summed E-state index contributed by atoms with van der Waals surface area (Å²) in [6, 6.07) is 2.03. The summed E-state index contributed by atoms with van der Waals surface area (Å²) in [6.45, 7) is 10.0. The van der Waals surface area contributed by atoms with Gasteiger partial charge in [0.2, 0.25) is 0 Å². The van der Waals surface area contributed by atoms with Crippen molar-refractivity contribution < 1.29 is 0 Å². The van der Waals surface area contributed by atoms with Crippen LogP contribution in [0.15, 0.2) is 23.5 Å². The molecule has 0 aromatic carbocycles. The van der Waals surface area contributed by atoms with Gasteiger partial charge in [0.25, 0.3) is 0 Å². The van der Waals surface area contributed by atoms with E-state index in [1.165, 1.54) is 12.1 Å². The number of hydrogen-bond acceptors (Lipinski definition) is 3. The zero-order valence-corrected chi connectivity index (χ0v) is 12.1. The number of H-pyrrole nitrogens is 1. The highest BCUT2D eigenvalue weighted by Crippen LogP contribution is 2.34. The summed E-state index contributed by atoms with van der Waals surface area (Å²) in [6.07, 6.45) is 5.09. The van der Waals surface area contributed by atoms with E-state index in [0.717, 1.165) is 30.4 Å². The van der Waals surface area contributed by atoms with E-state index in [1.807, 2.05) is 25.4 Å². The Morgan fingerprint density at radius 1 is 1.50 bits per heavy atom. The number of nitrogens with zero attached hydrogens (tertiary/aromatic N) is 3. The van der Waals surface area contributed by atoms with Gasteiger partial charge in [0, 0.05) is 30.6 Å². The number of hydrogen-bond donors (Lipinski definition) is 2. The zero-order valence-electron chi connectivity index (χ0n) is 12.1. The Kier molecular flexibility index (Phi) is 3.44. The molecule has 1 unspecified atom stereocenters. The van der Waals surface area contributed by atoms with Crippen LogP contribution in [0.1, 0.15) is 30.8 Å². The van der Waals surface area contributed by atoms with Gasteiger partial charge < -0.3 is 10.3 Å². The molecule has 0 spiro atoms. The van der Waals surface area contributed by atoms with Crippen LogP contribution in [0.3, 0.4) is 0 Å². The Labute approximate surface area is 119 Å². The lowest BCUT2D eigenvalue weighted by atomic mass is 9.91. The Hall–Kier alpha value is -1.88. The van der Waals surface area contributed by atoms with Crippen LogP contribution in [-0.2, 0) is 0 Å². The van der Waals surface area contributed by atoms with Crippen molar-refractivity contribution in [2.24, 2.45) is 10.9 Å². The van der Waals surface area contributed by atoms with Crippen LogP contribution in [0, 0.1) is 12.8 Å². The zero-order chi connectivity index (χ0) is 14.1. The van der Waals surface area contributed by atoms with Crippen LogP contribution < -0.4 is 5.32 Å². The normalized spacial score (nSPS) is 22.3. The van der Waals surface area contributed by atoms with Crippen LogP contribution >= 0.6 is 0 Å². The molecule has 1 saturated heterocycles. The largest absolute Gasteiger partial charge is 0.345 e. The Balaban J connectivity index is 2.08. The molecule has 0 amide bonds. The van der Waals surface area contributed by atoms with Gasteiger partial charge in [0.05, 0.1) is 5.69 Å². The predicted octanol–water partition coefficient (Wildman–Crippen LogP) is 2.55. The van der Waals surface area contributed by atoms with E-state index < -0.39 is 0 Å². The summed E-state index contributed by atoms with van der Waals surface area (Å²) in [4.78, 5) is 11.7. The van der Waals surface area contributed by atoms with E-state index in [1.54, 1.807) is 0 Å². The number of aromatic amines is 1. The highest BCUT2D eigenvalue weighted by molar-refractivity contribution is 5.57. The van der Waals surface area contributed by atoms with E-state index in [-0.39, 0.29) is 0 Å². The van der Waals surface area contributed by atoms with Crippen molar-refractivity contribution >= 4 is 12.5 Å². The first-order valence-corrected chi connectivity index (χ1v) is 7.15. The molecular weight excluding hydrogens is 250 g/mol. The number of aliphatic imine (C=N–C) groups is 1. The highest BCUT2D eigenvalue weighted by Gasteiger charge is 2.30. The van der Waals surface area contributed by atoms with Crippen LogP contribution in [0.2, 0.25) is 0 Å². The third-order valence-corrected chi connectivity index (χ3v) is 4.31. The molecule has 0 bridgehead atoms. The van der Waals surface area contributed by atoms with Gasteiger partial charge in [-0.3, -0.25) is 4.57 Å². The molecule has 0 aliphatic carbocycles. The fourth-order valence-corrected chi connectivity index (χ4v) is 3.20. The Bertz CT molecular complexity index is 610. The van der Waals surface area contributed by atoms with E-state index in [4.69, 9.17) is 0 Å². The van der Waals surface area contributed by atoms with Crippen molar-refractivity contribution in [2.75, 3.05) is 13.1 Å². The maximum absolute atomic E-state index is 4.52. The molecular formula is C15H21N5. The molecule has 5 heteroatoms. The third-order valence-electron chi connectivity index (χ3n) is 4.31.